The predicted octanol–water partition coefficient (Wildman–Crippen LogP) is 2.55. The van der Waals surface area contributed by atoms with E-state index in [2.05, 4.69) is 10.6 Å². The maximum atomic E-state index is 12.4. The van der Waals surface area contributed by atoms with Crippen LogP contribution in [0.5, 0.6) is 0 Å². The average molecular weight is 339 g/mol. The summed E-state index contributed by atoms with van der Waals surface area (Å²) in [4.78, 5) is 26.4. The Balaban J connectivity index is 1.32. The first-order valence-corrected chi connectivity index (χ1v) is 8.71. The summed E-state index contributed by atoms with van der Waals surface area (Å²) in [5.41, 5.74) is 3.17. The molecule has 0 saturated carbocycles. The lowest BCUT2D eigenvalue weighted by molar-refractivity contribution is -0.117. The molecule has 2 aliphatic rings. The number of hydrogen-bond donors (Lipinski definition) is 2. The van der Waals surface area contributed by atoms with E-state index < -0.39 is 0 Å². The van der Waals surface area contributed by atoms with Crippen molar-refractivity contribution in [2.45, 2.75) is 31.7 Å². The van der Waals surface area contributed by atoms with E-state index >= 15 is 0 Å². The third-order valence-corrected chi connectivity index (χ3v) is 4.95. The topological polar surface area (TPSA) is 74.6 Å². The lowest BCUT2D eigenvalue weighted by Gasteiger charge is -2.23. The second kappa shape index (κ2) is 6.63. The normalized spacial score (nSPS) is 18.4. The van der Waals surface area contributed by atoms with Gasteiger partial charge >= 0.3 is 6.03 Å². The van der Waals surface area contributed by atoms with Gasteiger partial charge in [0.15, 0.2) is 0 Å². The Morgan fingerprint density at radius 1 is 1.20 bits per heavy atom. The van der Waals surface area contributed by atoms with Crippen molar-refractivity contribution in [2.24, 2.45) is 0 Å². The average Bonchev–Trinajstić information content (AvgIpc) is 3.27. The summed E-state index contributed by atoms with van der Waals surface area (Å²) in [6.07, 6.45) is 5.30. The number of hydrogen-bond acceptors (Lipinski definition) is 3. The molecule has 2 N–H and O–H groups in total. The fourth-order valence-electron chi connectivity index (χ4n) is 3.69. The number of aryl methyl sites for hydroxylation is 1. The molecule has 0 radical (unpaired) electrons. The maximum Gasteiger partial charge on any atom is 0.315 e. The molecule has 2 heterocycles. The molecule has 1 atom stereocenters. The number of nitrogens with zero attached hydrogens (tertiary/aromatic N) is 1. The maximum absolute atomic E-state index is 12.4. The summed E-state index contributed by atoms with van der Waals surface area (Å²) in [6, 6.07) is 9.43. The first-order valence-electron chi connectivity index (χ1n) is 8.71. The van der Waals surface area contributed by atoms with Crippen LogP contribution in [-0.2, 0) is 17.6 Å². The molecule has 0 fully saturated rings. The second-order valence-electron chi connectivity index (χ2n) is 6.50. The number of carbonyl (C=O) groups excluding carboxylic acids is 2. The van der Waals surface area contributed by atoms with Crippen LogP contribution in [0.25, 0.3) is 0 Å². The number of benzene rings is 1. The number of nitrogens with one attached hydrogen (secondary N) is 2. The number of furan rings is 1. The molecule has 0 saturated heterocycles. The number of amides is 3. The van der Waals surface area contributed by atoms with Gasteiger partial charge in [-0.15, -0.1) is 0 Å². The van der Waals surface area contributed by atoms with Gasteiger partial charge in [0.2, 0.25) is 5.91 Å². The van der Waals surface area contributed by atoms with Crippen molar-refractivity contribution in [3.8, 4) is 0 Å². The SMILES string of the molecule is O=C(NCC(=O)N1CCc2ccccc21)N[C@H]1CCCc2occc21. The molecular weight excluding hydrogens is 318 g/mol. The minimum Gasteiger partial charge on any atom is -0.469 e. The highest BCUT2D eigenvalue weighted by Gasteiger charge is 2.26. The van der Waals surface area contributed by atoms with Gasteiger partial charge in [-0.05, 0) is 37.0 Å². The van der Waals surface area contributed by atoms with Crippen molar-refractivity contribution in [2.75, 3.05) is 18.0 Å². The molecule has 130 valence electrons. The largest absolute Gasteiger partial charge is 0.469 e. The van der Waals surface area contributed by atoms with Crippen molar-refractivity contribution in [3.63, 3.8) is 0 Å². The monoisotopic (exact) mass is 339 g/mol. The van der Waals surface area contributed by atoms with Crippen molar-refractivity contribution in [1.82, 2.24) is 10.6 Å². The molecule has 0 spiro atoms. The third-order valence-electron chi connectivity index (χ3n) is 4.95. The van der Waals surface area contributed by atoms with E-state index in [4.69, 9.17) is 4.42 Å². The van der Waals surface area contributed by atoms with E-state index in [0.717, 1.165) is 42.7 Å². The van der Waals surface area contributed by atoms with E-state index in [1.165, 1.54) is 5.56 Å². The Labute approximate surface area is 146 Å². The van der Waals surface area contributed by atoms with Crippen molar-refractivity contribution in [1.29, 1.82) is 0 Å². The zero-order valence-electron chi connectivity index (χ0n) is 14.0. The van der Waals surface area contributed by atoms with Crippen LogP contribution in [0, 0.1) is 0 Å². The summed E-state index contributed by atoms with van der Waals surface area (Å²) in [5, 5.41) is 5.63. The zero-order valence-corrected chi connectivity index (χ0v) is 14.0. The minimum atomic E-state index is -0.320. The summed E-state index contributed by atoms with van der Waals surface area (Å²) in [7, 11) is 0. The molecule has 6 nitrogen and oxygen atoms in total. The number of fused-ring (bicyclic) bond motifs is 2. The fourth-order valence-corrected chi connectivity index (χ4v) is 3.69. The summed E-state index contributed by atoms with van der Waals surface area (Å²) in [5.74, 6) is 0.856. The number of para-hydroxylation sites is 1. The first kappa shape index (κ1) is 15.7. The van der Waals surface area contributed by atoms with Gasteiger partial charge in [0.1, 0.15) is 5.76 Å². The second-order valence-corrected chi connectivity index (χ2v) is 6.50. The van der Waals surface area contributed by atoms with Crippen molar-refractivity contribution < 1.29 is 14.0 Å². The molecule has 0 bridgehead atoms. The highest BCUT2D eigenvalue weighted by molar-refractivity contribution is 5.98. The summed E-state index contributed by atoms with van der Waals surface area (Å²) in [6.45, 7) is 0.660. The van der Waals surface area contributed by atoms with Gasteiger partial charge in [0, 0.05) is 24.2 Å². The van der Waals surface area contributed by atoms with E-state index in [-0.39, 0.29) is 24.5 Å². The van der Waals surface area contributed by atoms with E-state index in [1.54, 1.807) is 11.2 Å². The van der Waals surface area contributed by atoms with Crippen LogP contribution in [0.4, 0.5) is 10.5 Å². The Morgan fingerprint density at radius 2 is 2.08 bits per heavy atom. The smallest absolute Gasteiger partial charge is 0.315 e. The highest BCUT2D eigenvalue weighted by atomic mass is 16.3. The molecule has 25 heavy (non-hydrogen) atoms. The molecule has 1 aliphatic carbocycles. The Morgan fingerprint density at radius 3 is 3.00 bits per heavy atom. The van der Waals surface area contributed by atoms with Gasteiger partial charge in [-0.3, -0.25) is 4.79 Å². The molecular formula is C19H21N3O3. The van der Waals surface area contributed by atoms with Gasteiger partial charge in [-0.25, -0.2) is 4.79 Å². The predicted molar refractivity (Wildman–Crippen MR) is 93.4 cm³/mol. The van der Waals surface area contributed by atoms with Crippen LogP contribution in [0.1, 0.15) is 35.8 Å². The Bertz CT molecular complexity index is 799. The molecule has 0 unspecified atom stereocenters. The number of anilines is 1. The van der Waals surface area contributed by atoms with E-state index in [9.17, 15) is 9.59 Å². The fraction of sp³-hybridized carbons (Fsp3) is 0.368. The number of rotatable bonds is 3. The van der Waals surface area contributed by atoms with Gasteiger partial charge in [-0.1, -0.05) is 18.2 Å². The van der Waals surface area contributed by atoms with Crippen molar-refractivity contribution >= 4 is 17.6 Å². The number of urea groups is 1. The molecule has 6 heteroatoms. The minimum absolute atomic E-state index is 0.00880. The standard InChI is InChI=1S/C19H21N3O3/c23-18(22-10-8-13-4-1-2-6-16(13)22)12-20-19(24)21-15-5-3-7-17-14(15)9-11-25-17/h1-2,4,6,9,11,15H,3,5,7-8,10,12H2,(H2,20,21,24)/t15-/m0/s1. The highest BCUT2D eigenvalue weighted by Crippen LogP contribution is 2.30. The van der Waals surface area contributed by atoms with Gasteiger partial charge in [0.25, 0.3) is 0 Å². The Kier molecular flexibility index (Phi) is 4.17. The first-order chi connectivity index (χ1) is 12.2. The molecule has 1 aromatic heterocycles. The molecule has 4 rings (SSSR count). The quantitative estimate of drug-likeness (QED) is 0.902. The van der Waals surface area contributed by atoms with Crippen LogP contribution >= 0.6 is 0 Å². The van der Waals surface area contributed by atoms with Crippen molar-refractivity contribution in [3.05, 3.63) is 53.5 Å². The lowest BCUT2D eigenvalue weighted by atomic mass is 9.93. The molecule has 3 amide bonds. The van der Waals surface area contributed by atoms with Crippen LogP contribution < -0.4 is 15.5 Å². The van der Waals surface area contributed by atoms with Gasteiger partial charge in [-0.2, -0.15) is 0 Å². The van der Waals surface area contributed by atoms with Crippen LogP contribution in [0.3, 0.4) is 0 Å². The van der Waals surface area contributed by atoms with Crippen LogP contribution in [-0.4, -0.2) is 25.0 Å². The molecule has 1 aromatic carbocycles. The van der Waals surface area contributed by atoms with Crippen LogP contribution in [0.2, 0.25) is 0 Å². The van der Waals surface area contributed by atoms with Gasteiger partial charge < -0.3 is 20.0 Å². The lowest BCUT2D eigenvalue weighted by Crippen LogP contribution is -2.44. The third kappa shape index (κ3) is 3.12. The molecule has 1 aliphatic heterocycles. The summed E-state index contributed by atoms with van der Waals surface area (Å²) < 4.78 is 5.43. The van der Waals surface area contributed by atoms with Gasteiger partial charge in [0.05, 0.1) is 18.8 Å². The number of carbonyl (C=O) groups is 2. The summed E-state index contributed by atoms with van der Waals surface area (Å²) >= 11 is 0. The Hall–Kier alpha value is -2.76. The molecule has 2 aromatic rings. The van der Waals surface area contributed by atoms with Crippen LogP contribution in [0.15, 0.2) is 41.0 Å². The zero-order chi connectivity index (χ0) is 17.2. The van der Waals surface area contributed by atoms with E-state index in [0.29, 0.717) is 6.54 Å². The van der Waals surface area contributed by atoms with E-state index in [1.807, 2.05) is 30.3 Å².